The molecule has 0 spiro atoms. The van der Waals surface area contributed by atoms with Crippen molar-refractivity contribution in [1.29, 1.82) is 0 Å². The van der Waals surface area contributed by atoms with Crippen molar-refractivity contribution in [3.63, 3.8) is 0 Å². The molecule has 4 aromatic heterocycles. The number of pyridine rings is 2. The zero-order valence-electron chi connectivity index (χ0n) is 25.1. The molecular weight excluding hydrogens is 639 g/mol. The molecule has 0 aromatic carbocycles. The molecule has 6 rings (SSSR count). The van der Waals surface area contributed by atoms with Crippen molar-refractivity contribution in [3.05, 3.63) is 46.2 Å². The van der Waals surface area contributed by atoms with Crippen molar-refractivity contribution in [2.45, 2.75) is 51.4 Å². The normalized spacial score (nSPS) is 16.0. The molecule has 1 aliphatic carbocycles. The zero-order valence-corrected chi connectivity index (χ0v) is 26.8. The maximum absolute atomic E-state index is 12.6. The summed E-state index contributed by atoms with van der Waals surface area (Å²) < 4.78 is 28.0. The molecule has 1 saturated carbocycles. The third kappa shape index (κ3) is 7.68. The van der Waals surface area contributed by atoms with E-state index in [1.54, 1.807) is 24.5 Å². The highest BCUT2D eigenvalue weighted by atomic mass is 32.1. The number of nitrogens with zero attached hydrogens (tertiary/aromatic N) is 6. The Kier molecular flexibility index (Phi) is 9.31. The Morgan fingerprint density at radius 1 is 1.13 bits per heavy atom. The van der Waals surface area contributed by atoms with Gasteiger partial charge in [0, 0.05) is 60.0 Å². The second kappa shape index (κ2) is 13.4. The quantitative estimate of drug-likeness (QED) is 0.168. The van der Waals surface area contributed by atoms with Crippen LogP contribution in [-0.4, -0.2) is 78.2 Å². The van der Waals surface area contributed by atoms with Gasteiger partial charge in [0.05, 0.1) is 5.69 Å². The van der Waals surface area contributed by atoms with Gasteiger partial charge in [0.2, 0.25) is 5.88 Å². The molecule has 2 fully saturated rings. The maximum atomic E-state index is 12.6. The Morgan fingerprint density at radius 3 is 2.63 bits per heavy atom. The molecule has 0 atom stereocenters. The van der Waals surface area contributed by atoms with Gasteiger partial charge in [0.1, 0.15) is 22.5 Å². The summed E-state index contributed by atoms with van der Waals surface area (Å²) in [5, 5.41) is 12.3. The van der Waals surface area contributed by atoms with Crippen molar-refractivity contribution in [1.82, 2.24) is 34.9 Å². The summed E-state index contributed by atoms with van der Waals surface area (Å²) in [6, 6.07) is 3.06. The van der Waals surface area contributed by atoms with Crippen molar-refractivity contribution in [3.8, 4) is 39.0 Å². The fourth-order valence-electron chi connectivity index (χ4n) is 4.96. The van der Waals surface area contributed by atoms with Crippen LogP contribution in [0.2, 0.25) is 0 Å². The summed E-state index contributed by atoms with van der Waals surface area (Å²) in [6.07, 6.45) is 6.79. The van der Waals surface area contributed by atoms with E-state index in [4.69, 9.17) is 23.9 Å². The lowest BCUT2D eigenvalue weighted by Crippen LogP contribution is -2.35. The van der Waals surface area contributed by atoms with Gasteiger partial charge in [-0.3, -0.25) is 9.84 Å². The third-order valence-corrected chi connectivity index (χ3v) is 8.87. The first-order valence-electron chi connectivity index (χ1n) is 14.7. The summed E-state index contributed by atoms with van der Waals surface area (Å²) in [6.45, 7) is 3.11. The molecule has 46 heavy (non-hydrogen) atoms. The van der Waals surface area contributed by atoms with Gasteiger partial charge >= 0.3 is 19.6 Å². The molecule has 2 amide bonds. The minimum atomic E-state index is -4.88. The lowest BCUT2D eigenvalue weighted by Gasteiger charge is -2.29. The van der Waals surface area contributed by atoms with E-state index in [2.05, 4.69) is 35.1 Å². The van der Waals surface area contributed by atoms with Crippen molar-refractivity contribution in [2.75, 3.05) is 32.0 Å². The summed E-state index contributed by atoms with van der Waals surface area (Å²) in [5.74, 6) is -0.210. The van der Waals surface area contributed by atoms with Crippen molar-refractivity contribution >= 4 is 31.0 Å². The van der Waals surface area contributed by atoms with Crippen LogP contribution in [0.3, 0.4) is 0 Å². The first-order valence-corrected chi connectivity index (χ1v) is 17.1. The van der Waals surface area contributed by atoms with Gasteiger partial charge < -0.3 is 29.2 Å². The molecule has 0 radical (unpaired) electrons. The van der Waals surface area contributed by atoms with E-state index < -0.39 is 20.3 Å². The number of phosphoric ester groups is 1. The van der Waals surface area contributed by atoms with E-state index in [1.807, 2.05) is 19.4 Å². The highest BCUT2D eigenvalue weighted by molar-refractivity contribution is 7.46. The van der Waals surface area contributed by atoms with E-state index in [9.17, 15) is 14.2 Å². The van der Waals surface area contributed by atoms with Gasteiger partial charge in [0.25, 0.3) is 5.89 Å². The number of likely N-dealkylation sites (tertiary alicyclic amines) is 1. The zero-order chi connectivity index (χ0) is 32.4. The highest BCUT2D eigenvalue weighted by Crippen LogP contribution is 2.44. The first kappa shape index (κ1) is 32.0. The molecule has 5 heterocycles. The van der Waals surface area contributed by atoms with Crippen LogP contribution in [0.15, 0.2) is 39.1 Å². The number of piperidine rings is 1. The van der Waals surface area contributed by atoms with Crippen LogP contribution in [0.5, 0.6) is 5.88 Å². The fourth-order valence-corrected chi connectivity index (χ4v) is 6.15. The van der Waals surface area contributed by atoms with Gasteiger partial charge in [0.15, 0.2) is 6.73 Å². The number of amides is 2. The Labute approximate surface area is 267 Å². The number of hydrogen-bond donors (Lipinski definition) is 4. The molecule has 4 N–H and O–H groups in total. The van der Waals surface area contributed by atoms with Gasteiger partial charge in [-0.25, -0.2) is 29.1 Å². The number of ether oxygens (including phenoxy) is 1. The number of carbonyl (C=O) groups is 1. The minimum absolute atomic E-state index is 0.145. The summed E-state index contributed by atoms with van der Waals surface area (Å²) in [7, 11) is -2.84. The Hall–Kier alpha value is -3.99. The predicted molar refractivity (Wildman–Crippen MR) is 167 cm³/mol. The van der Waals surface area contributed by atoms with E-state index in [0.29, 0.717) is 39.7 Å². The number of carbonyl (C=O) groups excluding carboxylic acids is 1. The van der Waals surface area contributed by atoms with E-state index in [-0.39, 0.29) is 29.5 Å². The highest BCUT2D eigenvalue weighted by Gasteiger charge is 2.28. The van der Waals surface area contributed by atoms with E-state index in [1.165, 1.54) is 11.3 Å². The van der Waals surface area contributed by atoms with Crippen LogP contribution >= 0.6 is 19.2 Å². The molecule has 244 valence electrons. The number of aromatic nitrogens is 5. The number of thiazole rings is 1. The lowest BCUT2D eigenvalue weighted by atomic mass is 10.0. The number of rotatable bonds is 11. The minimum Gasteiger partial charge on any atom is -0.474 e. The average molecular weight is 673 g/mol. The standard InChI is InChI=1S/C28H33N8O8PS/c1-3-29-27(37)33-23-11-19(26-32-22(14-46-26)16-4-5-16)21(13-30-23)17-10-20(24(31-12-17)43-18-6-8-35(2)9-7-18)25-34-36(28(38)44-25)15-42-45(39,40)41/h10-14,16,18H,3-9,15H2,1-2H3,(H2,39,40,41)(H2,29,30,33,37). The van der Waals surface area contributed by atoms with Gasteiger partial charge in [-0.05, 0) is 51.8 Å². The van der Waals surface area contributed by atoms with Crippen LogP contribution in [-0.2, 0) is 15.8 Å². The smallest absolute Gasteiger partial charge is 0.471 e. The second-order valence-electron chi connectivity index (χ2n) is 11.1. The van der Waals surface area contributed by atoms with Crippen LogP contribution in [0.4, 0.5) is 10.6 Å². The number of anilines is 1. The number of urea groups is 1. The molecule has 4 aromatic rings. The van der Waals surface area contributed by atoms with Crippen LogP contribution in [0.25, 0.3) is 33.2 Å². The Bertz CT molecular complexity index is 1830. The van der Waals surface area contributed by atoms with Crippen LogP contribution in [0.1, 0.15) is 44.2 Å². The summed E-state index contributed by atoms with van der Waals surface area (Å²) >= 11 is 1.49. The topological polar surface area (TPSA) is 207 Å². The summed E-state index contributed by atoms with van der Waals surface area (Å²) in [4.78, 5) is 59.2. The second-order valence-corrected chi connectivity index (χ2v) is 13.2. The number of phosphoric acid groups is 1. The molecule has 0 bridgehead atoms. The predicted octanol–water partition coefficient (Wildman–Crippen LogP) is 3.64. The fraction of sp³-hybridized carbons (Fsp3) is 0.429. The van der Waals surface area contributed by atoms with Crippen molar-refractivity contribution in [2.24, 2.45) is 0 Å². The first-order chi connectivity index (χ1) is 22.1. The molecular formula is C28H33N8O8PS. The third-order valence-electron chi connectivity index (χ3n) is 7.52. The Balaban J connectivity index is 1.41. The average Bonchev–Trinajstić information content (AvgIpc) is 3.63. The largest absolute Gasteiger partial charge is 0.474 e. The molecule has 1 saturated heterocycles. The Morgan fingerprint density at radius 2 is 1.91 bits per heavy atom. The summed E-state index contributed by atoms with van der Waals surface area (Å²) in [5.41, 5.74) is 3.19. The number of hydrogen-bond acceptors (Lipinski definition) is 12. The maximum Gasteiger partial charge on any atom is 0.471 e. The van der Waals surface area contributed by atoms with Crippen molar-refractivity contribution < 1.29 is 32.8 Å². The van der Waals surface area contributed by atoms with Gasteiger partial charge in [-0.2, -0.15) is 4.68 Å². The van der Waals surface area contributed by atoms with E-state index in [0.717, 1.165) is 49.5 Å². The van der Waals surface area contributed by atoms with Crippen LogP contribution < -0.4 is 21.1 Å². The molecule has 1 aliphatic heterocycles. The van der Waals surface area contributed by atoms with Gasteiger partial charge in [-0.15, -0.1) is 16.4 Å². The molecule has 18 heteroatoms. The molecule has 16 nitrogen and oxygen atoms in total. The van der Waals surface area contributed by atoms with Gasteiger partial charge in [-0.1, -0.05) is 0 Å². The van der Waals surface area contributed by atoms with E-state index >= 15 is 0 Å². The molecule has 0 unspecified atom stereocenters. The van der Waals surface area contributed by atoms with Crippen LogP contribution in [0, 0.1) is 0 Å². The number of nitrogens with one attached hydrogen (secondary N) is 2. The SMILES string of the molecule is CCNC(=O)Nc1cc(-c2nc(C3CC3)cs2)c(-c2cnc(OC3CCN(C)CC3)c(-c3nn(COP(=O)(O)O)c(=O)o3)c2)cn1. The molecule has 2 aliphatic rings. The monoisotopic (exact) mass is 672 g/mol. The lowest BCUT2D eigenvalue weighted by molar-refractivity contribution is 0.110.